The molecule has 1 aliphatic rings. The normalized spacial score (nSPS) is 16.0. The SMILES string of the molecule is Cc1c(C)c2cc(Cl)c(O)c(CN3CCCC3)c2oc1=O. The average molecular weight is 308 g/mol. The van der Waals surface area contributed by atoms with Gasteiger partial charge >= 0.3 is 5.63 Å². The van der Waals surface area contributed by atoms with Gasteiger partial charge in [0.25, 0.3) is 0 Å². The van der Waals surface area contributed by atoms with Crippen molar-refractivity contribution in [3.8, 4) is 5.75 Å². The van der Waals surface area contributed by atoms with Gasteiger partial charge in [-0.15, -0.1) is 0 Å². The molecule has 112 valence electrons. The first-order valence-corrected chi connectivity index (χ1v) is 7.53. The van der Waals surface area contributed by atoms with Gasteiger partial charge in [-0.05, 0) is 51.4 Å². The molecule has 0 atom stereocenters. The summed E-state index contributed by atoms with van der Waals surface area (Å²) in [4.78, 5) is 14.2. The summed E-state index contributed by atoms with van der Waals surface area (Å²) in [5, 5.41) is 11.4. The third-order valence-corrected chi connectivity index (χ3v) is 4.64. The number of halogens is 1. The van der Waals surface area contributed by atoms with Crippen LogP contribution >= 0.6 is 11.6 Å². The smallest absolute Gasteiger partial charge is 0.339 e. The molecule has 2 aromatic rings. The predicted octanol–water partition coefficient (Wildman–Crippen LogP) is 3.36. The number of phenols is 1. The largest absolute Gasteiger partial charge is 0.506 e. The summed E-state index contributed by atoms with van der Waals surface area (Å²) in [6, 6.07) is 1.67. The monoisotopic (exact) mass is 307 g/mol. The van der Waals surface area contributed by atoms with E-state index in [2.05, 4.69) is 4.90 Å². The van der Waals surface area contributed by atoms with Crippen LogP contribution in [-0.2, 0) is 6.54 Å². The molecule has 1 aromatic heterocycles. The van der Waals surface area contributed by atoms with E-state index in [9.17, 15) is 9.90 Å². The van der Waals surface area contributed by atoms with Gasteiger partial charge in [-0.3, -0.25) is 4.90 Å². The molecule has 0 aliphatic carbocycles. The fourth-order valence-electron chi connectivity index (χ4n) is 2.91. The van der Waals surface area contributed by atoms with E-state index in [4.69, 9.17) is 16.0 Å². The van der Waals surface area contributed by atoms with Crippen LogP contribution in [-0.4, -0.2) is 23.1 Å². The first-order chi connectivity index (χ1) is 9.99. The number of likely N-dealkylation sites (tertiary alicyclic amines) is 1. The molecule has 0 spiro atoms. The van der Waals surface area contributed by atoms with Crippen molar-refractivity contribution < 1.29 is 9.52 Å². The van der Waals surface area contributed by atoms with Crippen LogP contribution in [0.1, 0.15) is 29.5 Å². The lowest BCUT2D eigenvalue weighted by atomic mass is 10.0. The molecule has 1 fully saturated rings. The van der Waals surface area contributed by atoms with Crippen molar-refractivity contribution in [2.75, 3.05) is 13.1 Å². The summed E-state index contributed by atoms with van der Waals surface area (Å²) in [6.45, 7) is 6.14. The quantitative estimate of drug-likeness (QED) is 0.864. The van der Waals surface area contributed by atoms with Gasteiger partial charge in [0, 0.05) is 17.5 Å². The fraction of sp³-hybridized carbons (Fsp3) is 0.438. The van der Waals surface area contributed by atoms with E-state index in [1.807, 2.05) is 6.92 Å². The Morgan fingerprint density at radius 2 is 1.95 bits per heavy atom. The number of hydrogen-bond acceptors (Lipinski definition) is 4. The molecule has 1 aliphatic heterocycles. The van der Waals surface area contributed by atoms with Crippen LogP contribution in [0.2, 0.25) is 5.02 Å². The Morgan fingerprint density at radius 1 is 1.29 bits per heavy atom. The second kappa shape index (κ2) is 5.35. The minimum Gasteiger partial charge on any atom is -0.506 e. The summed E-state index contributed by atoms with van der Waals surface area (Å²) < 4.78 is 5.45. The van der Waals surface area contributed by atoms with E-state index in [0.717, 1.165) is 36.9 Å². The third-order valence-electron chi connectivity index (χ3n) is 4.35. The number of fused-ring (bicyclic) bond motifs is 1. The second-order valence-corrected chi connectivity index (χ2v) is 6.09. The summed E-state index contributed by atoms with van der Waals surface area (Å²) in [5.41, 5.74) is 2.14. The van der Waals surface area contributed by atoms with E-state index in [1.54, 1.807) is 13.0 Å². The molecular weight excluding hydrogens is 290 g/mol. The Hall–Kier alpha value is -1.52. The maximum absolute atomic E-state index is 11.9. The minimum absolute atomic E-state index is 0.0162. The average Bonchev–Trinajstić information content (AvgIpc) is 2.96. The van der Waals surface area contributed by atoms with Crippen molar-refractivity contribution in [1.29, 1.82) is 0 Å². The van der Waals surface area contributed by atoms with E-state index in [-0.39, 0.29) is 11.4 Å². The number of hydrogen-bond donors (Lipinski definition) is 1. The van der Waals surface area contributed by atoms with Gasteiger partial charge in [-0.25, -0.2) is 4.79 Å². The van der Waals surface area contributed by atoms with Crippen molar-refractivity contribution in [2.24, 2.45) is 0 Å². The third kappa shape index (κ3) is 2.43. The van der Waals surface area contributed by atoms with Crippen molar-refractivity contribution in [3.05, 3.63) is 38.2 Å². The van der Waals surface area contributed by atoms with Gasteiger partial charge in [-0.2, -0.15) is 0 Å². The Balaban J connectivity index is 2.25. The molecule has 1 N–H and O–H groups in total. The number of benzene rings is 1. The van der Waals surface area contributed by atoms with E-state index >= 15 is 0 Å². The lowest BCUT2D eigenvalue weighted by Crippen LogP contribution is -2.19. The number of rotatable bonds is 2. The molecule has 5 heteroatoms. The Bertz CT molecular complexity index is 760. The van der Waals surface area contributed by atoms with Crippen molar-refractivity contribution in [3.63, 3.8) is 0 Å². The molecule has 0 amide bonds. The summed E-state index contributed by atoms with van der Waals surface area (Å²) >= 11 is 6.15. The fourth-order valence-corrected chi connectivity index (χ4v) is 3.13. The zero-order valence-electron chi connectivity index (χ0n) is 12.2. The van der Waals surface area contributed by atoms with Gasteiger partial charge < -0.3 is 9.52 Å². The highest BCUT2D eigenvalue weighted by Gasteiger charge is 2.21. The zero-order chi connectivity index (χ0) is 15.1. The highest BCUT2D eigenvalue weighted by molar-refractivity contribution is 6.33. The van der Waals surface area contributed by atoms with Crippen LogP contribution in [0.3, 0.4) is 0 Å². The van der Waals surface area contributed by atoms with Gasteiger partial charge in [0.1, 0.15) is 11.3 Å². The molecule has 21 heavy (non-hydrogen) atoms. The lowest BCUT2D eigenvalue weighted by Gasteiger charge is -2.18. The maximum atomic E-state index is 11.9. The van der Waals surface area contributed by atoms with Crippen molar-refractivity contribution >= 4 is 22.6 Å². The summed E-state index contributed by atoms with van der Waals surface area (Å²) in [5.74, 6) is 0.0162. The van der Waals surface area contributed by atoms with Gasteiger partial charge in [0.05, 0.1) is 10.6 Å². The Kier molecular flexibility index (Phi) is 3.68. The number of aromatic hydroxyl groups is 1. The van der Waals surface area contributed by atoms with Crippen LogP contribution in [0.25, 0.3) is 11.0 Å². The molecule has 1 saturated heterocycles. The van der Waals surface area contributed by atoms with Crippen LogP contribution in [0.5, 0.6) is 5.75 Å². The maximum Gasteiger partial charge on any atom is 0.339 e. The molecule has 2 heterocycles. The summed E-state index contributed by atoms with van der Waals surface area (Å²) in [6.07, 6.45) is 2.31. The first kappa shape index (κ1) is 14.4. The lowest BCUT2D eigenvalue weighted by molar-refractivity contribution is 0.323. The zero-order valence-corrected chi connectivity index (χ0v) is 13.0. The topological polar surface area (TPSA) is 53.7 Å². The van der Waals surface area contributed by atoms with Gasteiger partial charge in [0.2, 0.25) is 0 Å². The standard InChI is InChI=1S/C16H18ClNO3/c1-9-10(2)16(20)21-15-11(9)7-13(17)14(19)12(15)8-18-5-3-4-6-18/h7,19H,3-6,8H2,1-2H3. The first-order valence-electron chi connectivity index (χ1n) is 7.15. The predicted molar refractivity (Wildman–Crippen MR) is 83.1 cm³/mol. The molecule has 4 nitrogen and oxygen atoms in total. The molecule has 0 unspecified atom stereocenters. The van der Waals surface area contributed by atoms with Crippen molar-refractivity contribution in [2.45, 2.75) is 33.2 Å². The number of phenolic OH excluding ortho intramolecular Hbond substituents is 1. The van der Waals surface area contributed by atoms with Gasteiger partial charge in [-0.1, -0.05) is 11.6 Å². The molecule has 3 rings (SSSR count). The molecule has 0 radical (unpaired) electrons. The highest BCUT2D eigenvalue weighted by atomic mass is 35.5. The van der Waals surface area contributed by atoms with E-state index in [0.29, 0.717) is 28.3 Å². The van der Waals surface area contributed by atoms with Crippen LogP contribution in [0.4, 0.5) is 0 Å². The van der Waals surface area contributed by atoms with Crippen LogP contribution in [0.15, 0.2) is 15.3 Å². The molecular formula is C16H18ClNO3. The summed E-state index contributed by atoms with van der Waals surface area (Å²) in [7, 11) is 0. The minimum atomic E-state index is -0.357. The number of nitrogens with zero attached hydrogens (tertiary/aromatic N) is 1. The van der Waals surface area contributed by atoms with E-state index < -0.39 is 0 Å². The molecule has 1 aromatic carbocycles. The van der Waals surface area contributed by atoms with Crippen molar-refractivity contribution in [1.82, 2.24) is 4.90 Å². The molecule has 0 saturated carbocycles. The number of aryl methyl sites for hydroxylation is 1. The van der Waals surface area contributed by atoms with Crippen LogP contribution < -0.4 is 5.63 Å². The van der Waals surface area contributed by atoms with Gasteiger partial charge in [0.15, 0.2) is 0 Å². The highest BCUT2D eigenvalue weighted by Crippen LogP contribution is 2.37. The second-order valence-electron chi connectivity index (χ2n) is 5.69. The van der Waals surface area contributed by atoms with Crippen LogP contribution in [0, 0.1) is 13.8 Å². The molecule has 0 bridgehead atoms. The Labute approximate surface area is 127 Å². The Morgan fingerprint density at radius 3 is 2.62 bits per heavy atom. The van der Waals surface area contributed by atoms with E-state index in [1.165, 1.54) is 0 Å².